The highest BCUT2D eigenvalue weighted by Gasteiger charge is 2.29. The second-order valence-electron chi connectivity index (χ2n) is 4.01. The van der Waals surface area contributed by atoms with Gasteiger partial charge in [-0.3, -0.25) is 5.10 Å². The van der Waals surface area contributed by atoms with E-state index in [1.54, 1.807) is 12.1 Å². The maximum Gasteiger partial charge on any atom is 0.274 e. The molecule has 0 aliphatic heterocycles. The fourth-order valence-electron chi connectivity index (χ4n) is 1.70. The minimum absolute atomic E-state index is 0.152. The van der Waals surface area contributed by atoms with Gasteiger partial charge in [0.25, 0.3) is 5.92 Å². The van der Waals surface area contributed by atoms with Crippen LogP contribution in [0.1, 0.15) is 12.5 Å². The third-order valence-corrected chi connectivity index (χ3v) is 2.58. The number of nitrogens with one attached hydrogen (secondary N) is 1. The summed E-state index contributed by atoms with van der Waals surface area (Å²) in [5, 5.41) is 6.44. The van der Waals surface area contributed by atoms with Crippen LogP contribution in [0.5, 0.6) is 5.75 Å². The summed E-state index contributed by atoms with van der Waals surface area (Å²) in [5.74, 6) is -2.52. The van der Waals surface area contributed by atoms with Crippen molar-refractivity contribution in [3.63, 3.8) is 0 Å². The van der Waals surface area contributed by atoms with Crippen molar-refractivity contribution in [3.8, 4) is 17.0 Å². The van der Waals surface area contributed by atoms with Crippen molar-refractivity contribution in [2.45, 2.75) is 12.8 Å². The molecule has 18 heavy (non-hydrogen) atoms. The minimum atomic E-state index is -2.98. The van der Waals surface area contributed by atoms with Crippen LogP contribution in [0.25, 0.3) is 11.3 Å². The minimum Gasteiger partial charge on any atom is -0.496 e. The van der Waals surface area contributed by atoms with Gasteiger partial charge in [0.05, 0.1) is 18.4 Å². The van der Waals surface area contributed by atoms with E-state index in [0.29, 0.717) is 17.1 Å². The zero-order valence-corrected chi connectivity index (χ0v) is 10.00. The van der Waals surface area contributed by atoms with E-state index >= 15 is 0 Å². The Hall–Kier alpha value is -2.11. The van der Waals surface area contributed by atoms with Crippen LogP contribution in [0.2, 0.25) is 0 Å². The van der Waals surface area contributed by atoms with E-state index in [4.69, 9.17) is 10.5 Å². The summed E-state index contributed by atoms with van der Waals surface area (Å²) < 4.78 is 31.9. The highest BCUT2D eigenvalue weighted by molar-refractivity contribution is 5.64. The van der Waals surface area contributed by atoms with Crippen molar-refractivity contribution in [2.24, 2.45) is 0 Å². The van der Waals surface area contributed by atoms with Crippen LogP contribution in [-0.4, -0.2) is 17.3 Å². The van der Waals surface area contributed by atoms with Crippen molar-refractivity contribution < 1.29 is 13.5 Å². The number of aromatic nitrogens is 2. The van der Waals surface area contributed by atoms with Crippen molar-refractivity contribution >= 4 is 5.82 Å². The summed E-state index contributed by atoms with van der Waals surface area (Å²) in [7, 11) is 1.36. The molecule has 1 heterocycles. The van der Waals surface area contributed by atoms with E-state index in [1.807, 2.05) is 0 Å². The second-order valence-corrected chi connectivity index (χ2v) is 4.01. The van der Waals surface area contributed by atoms with Crippen molar-refractivity contribution in [1.29, 1.82) is 0 Å². The van der Waals surface area contributed by atoms with Crippen LogP contribution < -0.4 is 10.5 Å². The zero-order valence-electron chi connectivity index (χ0n) is 10.00. The molecule has 0 unspecified atom stereocenters. The number of methoxy groups -OCH3 is 1. The van der Waals surface area contributed by atoms with Gasteiger partial charge in [0.1, 0.15) is 11.6 Å². The smallest absolute Gasteiger partial charge is 0.274 e. The van der Waals surface area contributed by atoms with Gasteiger partial charge in [-0.2, -0.15) is 5.10 Å². The molecule has 0 saturated carbocycles. The number of H-pyrrole nitrogens is 1. The first-order valence-electron chi connectivity index (χ1n) is 5.29. The molecule has 0 aliphatic carbocycles. The molecule has 2 aromatic rings. The zero-order chi connectivity index (χ0) is 13.3. The largest absolute Gasteiger partial charge is 0.496 e. The highest BCUT2D eigenvalue weighted by Crippen LogP contribution is 2.37. The van der Waals surface area contributed by atoms with Gasteiger partial charge < -0.3 is 10.5 Å². The lowest BCUT2D eigenvalue weighted by atomic mass is 10.0. The molecule has 96 valence electrons. The Morgan fingerprint density at radius 1 is 1.33 bits per heavy atom. The van der Waals surface area contributed by atoms with E-state index in [2.05, 4.69) is 10.2 Å². The number of hydrogen-bond acceptors (Lipinski definition) is 3. The van der Waals surface area contributed by atoms with Gasteiger partial charge in [-0.25, -0.2) is 8.78 Å². The molecule has 2 rings (SSSR count). The maximum atomic E-state index is 13.5. The summed E-state index contributed by atoms with van der Waals surface area (Å²) in [6.07, 6.45) is 0. The molecule has 0 fully saturated rings. The van der Waals surface area contributed by atoms with E-state index in [1.165, 1.54) is 19.2 Å². The molecule has 4 nitrogen and oxygen atoms in total. The number of hydrogen-bond donors (Lipinski definition) is 2. The molecule has 0 saturated heterocycles. The Kier molecular flexibility index (Phi) is 2.94. The number of nitrogens with two attached hydrogens (primary N) is 1. The lowest BCUT2D eigenvalue weighted by Crippen LogP contribution is -2.09. The van der Waals surface area contributed by atoms with Gasteiger partial charge in [-0.05, 0) is 18.2 Å². The second kappa shape index (κ2) is 4.29. The van der Waals surface area contributed by atoms with Crippen LogP contribution >= 0.6 is 0 Å². The van der Waals surface area contributed by atoms with Gasteiger partial charge in [-0.1, -0.05) is 0 Å². The van der Waals surface area contributed by atoms with Gasteiger partial charge in [0.2, 0.25) is 0 Å². The number of aromatic amines is 1. The number of ether oxygens (including phenoxy) is 1. The first-order valence-corrected chi connectivity index (χ1v) is 5.29. The lowest BCUT2D eigenvalue weighted by molar-refractivity contribution is 0.0151. The predicted molar refractivity (Wildman–Crippen MR) is 64.6 cm³/mol. The first-order chi connectivity index (χ1) is 8.41. The van der Waals surface area contributed by atoms with Gasteiger partial charge >= 0.3 is 0 Å². The number of nitrogen functional groups attached to an aromatic ring is 1. The van der Waals surface area contributed by atoms with E-state index in [0.717, 1.165) is 6.92 Å². The van der Waals surface area contributed by atoms with Crippen LogP contribution in [0, 0.1) is 0 Å². The standard InChI is InChI=1S/C12H13F2N3O/c1-12(13,14)8-5-7(3-4-10(8)18-2)9-6-11(15)17-16-9/h3-6H,1-2H3,(H3,15,16,17). The van der Waals surface area contributed by atoms with E-state index in [-0.39, 0.29) is 11.3 Å². The molecule has 1 aromatic carbocycles. The molecule has 0 amide bonds. The molecule has 0 atom stereocenters. The highest BCUT2D eigenvalue weighted by atomic mass is 19.3. The molecular formula is C12H13F2N3O. The average molecular weight is 253 g/mol. The number of nitrogens with zero attached hydrogens (tertiary/aromatic N) is 1. The van der Waals surface area contributed by atoms with Crippen LogP contribution in [0.4, 0.5) is 14.6 Å². The van der Waals surface area contributed by atoms with Crippen LogP contribution in [0.3, 0.4) is 0 Å². The fourth-order valence-corrected chi connectivity index (χ4v) is 1.70. The summed E-state index contributed by atoms with van der Waals surface area (Å²) in [4.78, 5) is 0. The predicted octanol–water partition coefficient (Wildman–Crippen LogP) is 2.78. The third-order valence-electron chi connectivity index (χ3n) is 2.58. The number of benzene rings is 1. The summed E-state index contributed by atoms with van der Waals surface area (Å²) >= 11 is 0. The Morgan fingerprint density at radius 3 is 2.56 bits per heavy atom. The molecule has 3 N–H and O–H groups in total. The van der Waals surface area contributed by atoms with Gasteiger partial charge in [0.15, 0.2) is 0 Å². The molecule has 6 heteroatoms. The molecular weight excluding hydrogens is 240 g/mol. The SMILES string of the molecule is COc1ccc(-c2cc(N)n[nH]2)cc1C(C)(F)F. The molecule has 1 aromatic heterocycles. The molecule has 0 spiro atoms. The van der Waals surface area contributed by atoms with Crippen LogP contribution in [-0.2, 0) is 5.92 Å². The molecule has 0 bridgehead atoms. The monoisotopic (exact) mass is 253 g/mol. The Labute approximate surface area is 103 Å². The summed E-state index contributed by atoms with van der Waals surface area (Å²) in [5.41, 5.74) is 6.47. The maximum absolute atomic E-state index is 13.5. The molecule has 0 aliphatic rings. The number of halogens is 2. The van der Waals surface area contributed by atoms with Crippen molar-refractivity contribution in [3.05, 3.63) is 29.8 Å². The quantitative estimate of drug-likeness (QED) is 0.884. The molecule has 0 radical (unpaired) electrons. The summed E-state index contributed by atoms with van der Waals surface area (Å²) in [6.45, 7) is 0.829. The number of anilines is 1. The van der Waals surface area contributed by atoms with Gasteiger partial charge in [0, 0.05) is 18.6 Å². The van der Waals surface area contributed by atoms with Crippen LogP contribution in [0.15, 0.2) is 24.3 Å². The average Bonchev–Trinajstić information content (AvgIpc) is 2.74. The van der Waals surface area contributed by atoms with Gasteiger partial charge in [-0.15, -0.1) is 0 Å². The topological polar surface area (TPSA) is 63.9 Å². The third kappa shape index (κ3) is 2.27. The number of rotatable bonds is 3. The Balaban J connectivity index is 2.52. The fraction of sp³-hybridized carbons (Fsp3) is 0.250. The normalized spacial score (nSPS) is 11.6. The number of alkyl halides is 2. The lowest BCUT2D eigenvalue weighted by Gasteiger charge is -2.15. The van der Waals surface area contributed by atoms with E-state index < -0.39 is 5.92 Å². The van der Waals surface area contributed by atoms with Crippen molar-refractivity contribution in [1.82, 2.24) is 10.2 Å². The Bertz CT molecular complexity index is 561. The van der Waals surface area contributed by atoms with E-state index in [9.17, 15) is 8.78 Å². The first kappa shape index (κ1) is 12.3. The van der Waals surface area contributed by atoms with Crippen molar-refractivity contribution in [2.75, 3.05) is 12.8 Å². The summed E-state index contributed by atoms with van der Waals surface area (Å²) in [6, 6.07) is 6.12. The Morgan fingerprint density at radius 2 is 2.06 bits per heavy atom.